The van der Waals surface area contributed by atoms with Gasteiger partial charge in [0.2, 0.25) is 0 Å². The van der Waals surface area contributed by atoms with Gasteiger partial charge in [-0.1, -0.05) is 5.10 Å². The zero-order chi connectivity index (χ0) is 16.9. The normalized spacial score (nSPS) is 10.9. The minimum atomic E-state index is -0.490. The van der Waals surface area contributed by atoms with Crippen molar-refractivity contribution in [3.8, 4) is 17.1 Å². The summed E-state index contributed by atoms with van der Waals surface area (Å²) >= 11 is 0. The molecular formula is C13H11N7O4. The first-order valence-electron chi connectivity index (χ1n) is 6.62. The summed E-state index contributed by atoms with van der Waals surface area (Å²) in [6.45, 7) is 0. The molecule has 1 aromatic carbocycles. The summed E-state index contributed by atoms with van der Waals surface area (Å²) in [7, 11) is 1.43. The van der Waals surface area contributed by atoms with Gasteiger partial charge in [0, 0.05) is 6.07 Å². The third-order valence-electron chi connectivity index (χ3n) is 2.99. The van der Waals surface area contributed by atoms with Gasteiger partial charge in [-0.05, 0) is 23.4 Å². The largest absolute Gasteiger partial charge is 0.496 e. The quantitative estimate of drug-likeness (QED) is 0.396. The van der Waals surface area contributed by atoms with Crippen LogP contribution in [0.15, 0.2) is 39.9 Å². The zero-order valence-corrected chi connectivity index (χ0v) is 12.3. The molecule has 0 radical (unpaired) electrons. The van der Waals surface area contributed by atoms with Gasteiger partial charge in [0.25, 0.3) is 11.6 Å². The Morgan fingerprint density at radius 1 is 1.42 bits per heavy atom. The molecule has 0 aliphatic rings. The number of non-ortho nitro benzene ring substituents is 1. The number of hydrogen-bond acceptors (Lipinski definition) is 9. The number of rotatable bonds is 6. The molecule has 0 bridgehead atoms. The summed E-state index contributed by atoms with van der Waals surface area (Å²) in [6, 6.07) is 7.68. The van der Waals surface area contributed by atoms with Crippen molar-refractivity contribution in [3.63, 3.8) is 0 Å². The van der Waals surface area contributed by atoms with Gasteiger partial charge in [-0.15, -0.1) is 5.10 Å². The number of nitro benzene ring substituents is 1. The lowest BCUT2D eigenvalue weighted by Crippen LogP contribution is -1.92. The van der Waals surface area contributed by atoms with Gasteiger partial charge >= 0.3 is 0 Å². The topological polar surface area (TPSA) is 144 Å². The Morgan fingerprint density at radius 2 is 2.29 bits per heavy atom. The maximum Gasteiger partial charge on any atom is 0.283 e. The number of benzene rings is 1. The Labute approximate surface area is 134 Å². The first-order chi connectivity index (χ1) is 11.7. The Hall–Kier alpha value is -3.76. The maximum atomic E-state index is 10.8. The molecule has 2 N–H and O–H groups in total. The highest BCUT2D eigenvalue weighted by atomic mass is 16.6. The molecule has 0 aliphatic carbocycles. The van der Waals surface area contributed by atoms with E-state index < -0.39 is 4.92 Å². The molecule has 3 aromatic rings. The van der Waals surface area contributed by atoms with Crippen LogP contribution < -0.4 is 10.2 Å². The number of aromatic nitrogens is 4. The maximum absolute atomic E-state index is 10.8. The molecule has 2 aromatic heterocycles. The highest BCUT2D eigenvalue weighted by Crippen LogP contribution is 2.33. The fraction of sp³-hybridized carbons (Fsp3) is 0.0769. The highest BCUT2D eigenvalue weighted by molar-refractivity contribution is 5.78. The summed E-state index contributed by atoms with van der Waals surface area (Å²) in [4.78, 5) is 10.3. The number of H-pyrrole nitrogens is 1. The van der Waals surface area contributed by atoms with Crippen molar-refractivity contribution in [1.29, 1.82) is 0 Å². The van der Waals surface area contributed by atoms with Crippen molar-refractivity contribution in [2.45, 2.75) is 0 Å². The van der Waals surface area contributed by atoms with Crippen LogP contribution in [0.25, 0.3) is 11.3 Å². The second-order valence-corrected chi connectivity index (χ2v) is 4.45. The molecule has 0 atom stereocenters. The molecule has 122 valence electrons. The van der Waals surface area contributed by atoms with E-state index in [-0.39, 0.29) is 11.6 Å². The van der Waals surface area contributed by atoms with E-state index in [1.165, 1.54) is 25.5 Å². The van der Waals surface area contributed by atoms with Gasteiger partial charge in [0.15, 0.2) is 0 Å². The molecule has 0 saturated carbocycles. The number of tetrazole rings is 1. The lowest BCUT2D eigenvalue weighted by molar-refractivity contribution is -0.384. The van der Waals surface area contributed by atoms with Gasteiger partial charge in [-0.2, -0.15) is 10.3 Å². The van der Waals surface area contributed by atoms with Crippen LogP contribution in [0.2, 0.25) is 0 Å². The van der Waals surface area contributed by atoms with E-state index in [4.69, 9.17) is 9.15 Å². The molecular weight excluding hydrogens is 318 g/mol. The number of methoxy groups -OCH3 is 1. The SMILES string of the molecule is COc1cc([N+](=O)[O-])ccc1-c1ccc(/C=N\Nc2nn[nH]n2)o1. The smallest absolute Gasteiger partial charge is 0.283 e. The second kappa shape index (κ2) is 6.56. The molecule has 0 amide bonds. The molecule has 0 fully saturated rings. The van der Waals surface area contributed by atoms with Gasteiger partial charge in [-0.25, -0.2) is 5.43 Å². The van der Waals surface area contributed by atoms with Crippen LogP contribution in [-0.2, 0) is 0 Å². The van der Waals surface area contributed by atoms with Crippen LogP contribution in [0.5, 0.6) is 5.75 Å². The van der Waals surface area contributed by atoms with Gasteiger partial charge in [0.1, 0.15) is 17.3 Å². The van der Waals surface area contributed by atoms with Crippen molar-refractivity contribution in [3.05, 3.63) is 46.2 Å². The molecule has 0 saturated heterocycles. The zero-order valence-electron chi connectivity index (χ0n) is 12.3. The number of ether oxygens (including phenoxy) is 1. The fourth-order valence-corrected chi connectivity index (χ4v) is 1.93. The summed E-state index contributed by atoms with van der Waals surface area (Å²) < 4.78 is 10.8. The van der Waals surface area contributed by atoms with E-state index in [0.717, 1.165) is 0 Å². The monoisotopic (exact) mass is 329 g/mol. The Bertz CT molecular complexity index is 872. The number of nitrogens with zero attached hydrogens (tertiary/aromatic N) is 5. The van der Waals surface area contributed by atoms with Crippen molar-refractivity contribution < 1.29 is 14.1 Å². The Morgan fingerprint density at radius 3 is 3.00 bits per heavy atom. The third-order valence-corrected chi connectivity index (χ3v) is 2.99. The molecule has 3 rings (SSSR count). The van der Waals surface area contributed by atoms with Crippen LogP contribution in [-0.4, -0.2) is 38.9 Å². The molecule has 0 unspecified atom stereocenters. The number of aromatic amines is 1. The fourth-order valence-electron chi connectivity index (χ4n) is 1.93. The molecule has 24 heavy (non-hydrogen) atoms. The second-order valence-electron chi connectivity index (χ2n) is 4.45. The number of furan rings is 1. The molecule has 0 aliphatic heterocycles. The van der Waals surface area contributed by atoms with E-state index in [2.05, 4.69) is 31.2 Å². The van der Waals surface area contributed by atoms with Crippen molar-refractivity contribution >= 4 is 17.9 Å². The van der Waals surface area contributed by atoms with E-state index in [0.29, 0.717) is 22.8 Å². The first-order valence-corrected chi connectivity index (χ1v) is 6.62. The number of hydrogen-bond donors (Lipinski definition) is 2. The number of anilines is 1. The van der Waals surface area contributed by atoms with E-state index in [9.17, 15) is 10.1 Å². The predicted octanol–water partition coefficient (Wildman–Crippen LogP) is 1.82. The Balaban J connectivity index is 1.80. The molecule has 2 heterocycles. The number of nitro groups is 1. The van der Waals surface area contributed by atoms with Crippen molar-refractivity contribution in [1.82, 2.24) is 20.6 Å². The summed E-state index contributed by atoms with van der Waals surface area (Å²) in [6.07, 6.45) is 1.43. The van der Waals surface area contributed by atoms with Gasteiger partial charge in [-0.3, -0.25) is 10.1 Å². The molecule has 11 heteroatoms. The number of nitrogens with one attached hydrogen (secondary N) is 2. The van der Waals surface area contributed by atoms with E-state index in [1.807, 2.05) is 0 Å². The van der Waals surface area contributed by atoms with Gasteiger partial charge in [0.05, 0.1) is 29.9 Å². The predicted molar refractivity (Wildman–Crippen MR) is 82.7 cm³/mol. The molecule has 11 nitrogen and oxygen atoms in total. The summed E-state index contributed by atoms with van der Waals surface area (Å²) in [5.41, 5.74) is 3.09. The summed E-state index contributed by atoms with van der Waals surface area (Å²) in [5, 5.41) is 27.7. The lowest BCUT2D eigenvalue weighted by atomic mass is 10.1. The van der Waals surface area contributed by atoms with Crippen LogP contribution in [0, 0.1) is 10.1 Å². The highest BCUT2D eigenvalue weighted by Gasteiger charge is 2.15. The standard InChI is InChI=1S/C13H11N7O4/c1-23-12-6-8(20(21)22)2-4-10(12)11-5-3-9(24-11)7-14-15-13-16-18-19-17-13/h2-7H,1H3,(H2,15,16,17,18,19)/b14-7-. The third kappa shape index (κ3) is 3.19. The number of hydrazone groups is 1. The van der Waals surface area contributed by atoms with Crippen LogP contribution >= 0.6 is 0 Å². The first kappa shape index (κ1) is 15.1. The minimum Gasteiger partial charge on any atom is -0.496 e. The lowest BCUT2D eigenvalue weighted by Gasteiger charge is -2.05. The average Bonchev–Trinajstić information content (AvgIpc) is 3.26. The van der Waals surface area contributed by atoms with Crippen LogP contribution in [0.1, 0.15) is 5.76 Å². The van der Waals surface area contributed by atoms with E-state index in [1.54, 1.807) is 18.2 Å². The van der Waals surface area contributed by atoms with E-state index >= 15 is 0 Å². The minimum absolute atomic E-state index is 0.0618. The van der Waals surface area contributed by atoms with Crippen LogP contribution in [0.4, 0.5) is 11.6 Å². The average molecular weight is 329 g/mol. The van der Waals surface area contributed by atoms with Gasteiger partial charge < -0.3 is 9.15 Å². The van der Waals surface area contributed by atoms with Crippen molar-refractivity contribution in [2.24, 2.45) is 5.10 Å². The Kier molecular flexibility index (Phi) is 4.14. The summed E-state index contributed by atoms with van der Waals surface area (Å²) in [5.74, 6) is 1.51. The van der Waals surface area contributed by atoms with Crippen molar-refractivity contribution in [2.75, 3.05) is 12.5 Å². The molecule has 0 spiro atoms. The van der Waals surface area contributed by atoms with Crippen LogP contribution in [0.3, 0.4) is 0 Å².